The number of anilines is 2. The average Bonchev–Trinajstić information content (AvgIpc) is 2.62. The molecule has 1 aromatic carbocycles. The summed E-state index contributed by atoms with van der Waals surface area (Å²) in [7, 11) is 0. The highest BCUT2D eigenvalue weighted by Gasteiger charge is 2.28. The van der Waals surface area contributed by atoms with Gasteiger partial charge in [0.1, 0.15) is 5.36 Å². The monoisotopic (exact) mass is 368 g/mol. The molecule has 1 aliphatic heterocycles. The van der Waals surface area contributed by atoms with E-state index < -0.39 is 11.8 Å². The molecule has 2 aromatic rings. The highest BCUT2D eigenvalue weighted by molar-refractivity contribution is 5.77. The molecule has 0 amide bonds. The second-order valence-electron chi connectivity index (χ2n) is 7.69. The Hall–Kier alpha value is -2.47. The molecule has 3 unspecified atom stereocenters. The van der Waals surface area contributed by atoms with Crippen LogP contribution in [0, 0.1) is 25.7 Å². The van der Waals surface area contributed by atoms with Crippen LogP contribution < -0.4 is 21.3 Å². The molecule has 0 bridgehead atoms. The van der Waals surface area contributed by atoms with Crippen LogP contribution in [0.2, 0.25) is 0 Å². The molecule has 6 heteroatoms. The SMILES string of the molecule is C=c1[nH]c(=O)nc2c1=Nc1cc(C)c(C)cc1N2CC(C)C(O)C(C)CC. The van der Waals surface area contributed by atoms with E-state index in [-0.39, 0.29) is 11.8 Å². The maximum absolute atomic E-state index is 12.0. The molecule has 0 saturated carbocycles. The summed E-state index contributed by atoms with van der Waals surface area (Å²) >= 11 is 0. The zero-order valence-corrected chi connectivity index (χ0v) is 16.7. The summed E-state index contributed by atoms with van der Waals surface area (Å²) in [6, 6.07) is 4.12. The molecule has 3 atom stereocenters. The Kier molecular flexibility index (Phi) is 5.20. The van der Waals surface area contributed by atoms with Crippen LogP contribution in [-0.2, 0) is 0 Å². The average molecular weight is 368 g/mol. The molecule has 1 aromatic heterocycles. The predicted molar refractivity (Wildman–Crippen MR) is 108 cm³/mol. The molecular formula is C21H28N4O2. The minimum Gasteiger partial charge on any atom is -0.393 e. The van der Waals surface area contributed by atoms with E-state index in [2.05, 4.69) is 50.3 Å². The van der Waals surface area contributed by atoms with Gasteiger partial charge in [0.15, 0.2) is 5.82 Å². The molecule has 3 rings (SSSR count). The van der Waals surface area contributed by atoms with Crippen LogP contribution in [0.3, 0.4) is 0 Å². The highest BCUT2D eigenvalue weighted by atomic mass is 16.3. The minimum atomic E-state index is -0.443. The smallest absolute Gasteiger partial charge is 0.347 e. The Bertz CT molecular complexity index is 1030. The van der Waals surface area contributed by atoms with Crippen molar-refractivity contribution in [3.8, 4) is 0 Å². The number of aliphatic hydroxyl groups is 1. The van der Waals surface area contributed by atoms with Gasteiger partial charge in [0.25, 0.3) is 0 Å². The van der Waals surface area contributed by atoms with Crippen molar-refractivity contribution in [1.82, 2.24) is 9.97 Å². The number of aliphatic hydroxyl groups excluding tert-OH is 1. The third-order valence-corrected chi connectivity index (χ3v) is 5.61. The van der Waals surface area contributed by atoms with Crippen molar-refractivity contribution in [3.05, 3.63) is 44.5 Å². The molecule has 0 radical (unpaired) electrons. The lowest BCUT2D eigenvalue weighted by Gasteiger charge is -2.33. The summed E-state index contributed by atoms with van der Waals surface area (Å²) in [5, 5.41) is 11.7. The summed E-state index contributed by atoms with van der Waals surface area (Å²) in [5.74, 6) is 0.695. The first-order chi connectivity index (χ1) is 12.7. The number of hydrogen-bond acceptors (Lipinski definition) is 5. The van der Waals surface area contributed by atoms with Gasteiger partial charge in [0.05, 0.1) is 22.8 Å². The van der Waals surface area contributed by atoms with Crippen LogP contribution >= 0.6 is 0 Å². The quantitative estimate of drug-likeness (QED) is 0.848. The van der Waals surface area contributed by atoms with Gasteiger partial charge < -0.3 is 15.0 Å². The molecular weight excluding hydrogens is 340 g/mol. The van der Waals surface area contributed by atoms with Crippen molar-refractivity contribution >= 4 is 23.8 Å². The van der Waals surface area contributed by atoms with Crippen molar-refractivity contribution in [2.75, 3.05) is 11.4 Å². The number of aromatic amines is 1. The number of rotatable bonds is 5. The number of hydrogen-bond donors (Lipinski definition) is 2. The van der Waals surface area contributed by atoms with Crippen molar-refractivity contribution < 1.29 is 5.11 Å². The van der Waals surface area contributed by atoms with Gasteiger partial charge in [-0.1, -0.05) is 33.8 Å². The van der Waals surface area contributed by atoms with E-state index in [0.29, 0.717) is 23.1 Å². The van der Waals surface area contributed by atoms with Crippen LogP contribution in [-0.4, -0.2) is 27.7 Å². The zero-order valence-electron chi connectivity index (χ0n) is 16.7. The highest BCUT2D eigenvalue weighted by Crippen LogP contribution is 2.37. The van der Waals surface area contributed by atoms with Crippen LogP contribution in [0.1, 0.15) is 38.3 Å². The Morgan fingerprint density at radius 3 is 2.56 bits per heavy atom. The number of aryl methyl sites for hydroxylation is 2. The van der Waals surface area contributed by atoms with Crippen LogP contribution in [0.25, 0.3) is 6.58 Å². The molecule has 1 aliphatic rings. The van der Waals surface area contributed by atoms with Gasteiger partial charge in [-0.05, 0) is 43.0 Å². The van der Waals surface area contributed by atoms with Gasteiger partial charge in [-0.2, -0.15) is 4.98 Å². The topological polar surface area (TPSA) is 81.6 Å². The van der Waals surface area contributed by atoms with Crippen LogP contribution in [0.15, 0.2) is 21.9 Å². The van der Waals surface area contributed by atoms with Crippen LogP contribution in [0.4, 0.5) is 17.2 Å². The fourth-order valence-electron chi connectivity index (χ4n) is 3.52. The second kappa shape index (κ2) is 7.27. The summed E-state index contributed by atoms with van der Waals surface area (Å²) in [5.41, 5.74) is 3.59. The van der Waals surface area contributed by atoms with Gasteiger partial charge in [-0.25, -0.2) is 9.79 Å². The molecule has 6 nitrogen and oxygen atoms in total. The first-order valence-corrected chi connectivity index (χ1v) is 9.47. The first kappa shape index (κ1) is 19.3. The predicted octanol–water partition coefficient (Wildman–Crippen LogP) is 2.24. The number of aromatic nitrogens is 2. The fraction of sp³-hybridized carbons (Fsp3) is 0.476. The third-order valence-electron chi connectivity index (χ3n) is 5.61. The molecule has 0 saturated heterocycles. The molecule has 2 N–H and O–H groups in total. The standard InChI is InChI=1S/C21H28N4O2/c1-7-11(2)19(26)14(5)10-25-17-9-13(4)12(3)8-16(17)23-18-15(6)22-21(27)24-20(18)25/h8-9,11,14,19,26H,6-7,10H2,1-5H3,(H,22,27). The van der Waals surface area contributed by atoms with E-state index in [4.69, 9.17) is 4.99 Å². The maximum atomic E-state index is 12.0. The maximum Gasteiger partial charge on any atom is 0.347 e. The van der Waals surface area contributed by atoms with E-state index in [0.717, 1.165) is 28.9 Å². The first-order valence-electron chi connectivity index (χ1n) is 9.47. The molecule has 0 aliphatic carbocycles. The summed E-state index contributed by atoms with van der Waals surface area (Å²) < 4.78 is 0. The van der Waals surface area contributed by atoms with E-state index >= 15 is 0 Å². The lowest BCUT2D eigenvalue weighted by molar-refractivity contribution is 0.0666. The van der Waals surface area contributed by atoms with Gasteiger partial charge in [-0.3, -0.25) is 0 Å². The summed E-state index contributed by atoms with van der Waals surface area (Å²) in [6.07, 6.45) is 0.473. The number of nitrogens with zero attached hydrogens (tertiary/aromatic N) is 3. The van der Waals surface area contributed by atoms with E-state index in [1.165, 1.54) is 0 Å². The Labute approximate surface area is 159 Å². The Morgan fingerprint density at radius 1 is 1.22 bits per heavy atom. The third kappa shape index (κ3) is 3.54. The van der Waals surface area contributed by atoms with Crippen molar-refractivity contribution in [2.45, 2.75) is 47.1 Å². The van der Waals surface area contributed by atoms with Crippen molar-refractivity contribution in [2.24, 2.45) is 16.8 Å². The van der Waals surface area contributed by atoms with Crippen molar-refractivity contribution in [3.63, 3.8) is 0 Å². The summed E-state index contributed by atoms with van der Waals surface area (Å²) in [6.45, 7) is 14.7. The molecule has 144 valence electrons. The van der Waals surface area contributed by atoms with E-state index in [1.807, 2.05) is 17.9 Å². The van der Waals surface area contributed by atoms with Crippen LogP contribution in [0.5, 0.6) is 0 Å². The molecule has 0 fully saturated rings. The van der Waals surface area contributed by atoms with E-state index in [1.54, 1.807) is 0 Å². The lowest BCUT2D eigenvalue weighted by Crippen LogP contribution is -2.44. The number of H-pyrrole nitrogens is 1. The molecule has 2 heterocycles. The van der Waals surface area contributed by atoms with Gasteiger partial charge in [0, 0.05) is 12.5 Å². The van der Waals surface area contributed by atoms with Gasteiger partial charge >= 0.3 is 5.69 Å². The van der Waals surface area contributed by atoms with Gasteiger partial charge in [0.2, 0.25) is 0 Å². The number of nitrogens with one attached hydrogen (secondary N) is 1. The minimum absolute atomic E-state index is 0.00490. The number of fused-ring (bicyclic) bond motifs is 2. The molecule has 27 heavy (non-hydrogen) atoms. The van der Waals surface area contributed by atoms with Gasteiger partial charge in [-0.15, -0.1) is 0 Å². The van der Waals surface area contributed by atoms with Crippen molar-refractivity contribution in [1.29, 1.82) is 0 Å². The largest absolute Gasteiger partial charge is 0.393 e. The second-order valence-corrected chi connectivity index (χ2v) is 7.69. The molecule has 0 spiro atoms. The number of benzene rings is 1. The Morgan fingerprint density at radius 2 is 1.89 bits per heavy atom. The Balaban J connectivity index is 2.16. The van der Waals surface area contributed by atoms with E-state index in [9.17, 15) is 9.90 Å². The summed E-state index contributed by atoms with van der Waals surface area (Å²) in [4.78, 5) is 25.5. The lowest BCUT2D eigenvalue weighted by atomic mass is 9.91. The fourth-order valence-corrected chi connectivity index (χ4v) is 3.52. The normalized spacial score (nSPS) is 16.1. The zero-order chi connectivity index (χ0) is 19.9.